The lowest BCUT2D eigenvalue weighted by molar-refractivity contribution is 0.0725. The summed E-state index contributed by atoms with van der Waals surface area (Å²) in [5.74, 6) is -1.88. The van der Waals surface area contributed by atoms with Crippen molar-refractivity contribution in [1.29, 1.82) is 0 Å². The highest BCUT2D eigenvalue weighted by Crippen LogP contribution is 2.32. The zero-order valence-electron chi connectivity index (χ0n) is 12.2. The van der Waals surface area contributed by atoms with Gasteiger partial charge < -0.3 is 4.55 Å². The van der Waals surface area contributed by atoms with Crippen LogP contribution in [0.25, 0.3) is 10.8 Å². The smallest absolute Gasteiger partial charge is 0.305 e. The van der Waals surface area contributed by atoms with Gasteiger partial charge in [-0.05, 0) is 29.7 Å². The topological polar surface area (TPSA) is 60.4 Å². The zero-order valence-corrected chi connectivity index (χ0v) is 13.0. The van der Waals surface area contributed by atoms with E-state index in [1.165, 1.54) is 18.2 Å². The minimum atomic E-state index is -2.12. The summed E-state index contributed by atoms with van der Waals surface area (Å²) >= 11 is -2.12. The van der Waals surface area contributed by atoms with E-state index in [-0.39, 0.29) is 4.90 Å². The molecule has 1 aliphatic rings. The number of imide groups is 1. The first-order valence-corrected chi connectivity index (χ1v) is 8.26. The largest absolute Gasteiger partial charge is 0.587 e. The summed E-state index contributed by atoms with van der Waals surface area (Å²) in [4.78, 5) is 25.5. The minimum Gasteiger partial charge on any atom is -0.587 e. The third-order valence-corrected chi connectivity index (χ3v) is 5.22. The SMILES string of the molecule is O=C1c2cccc3cccc(c23)C(=O)N1[S+]([O-])c1cccc(F)c1. The predicted octanol–water partition coefficient (Wildman–Crippen LogP) is 3.30. The van der Waals surface area contributed by atoms with Crippen LogP contribution in [-0.4, -0.2) is 20.7 Å². The van der Waals surface area contributed by atoms with Crippen molar-refractivity contribution in [3.8, 4) is 0 Å². The second kappa shape index (κ2) is 5.43. The summed E-state index contributed by atoms with van der Waals surface area (Å²) in [6, 6.07) is 15.3. The summed E-state index contributed by atoms with van der Waals surface area (Å²) < 4.78 is 26.8. The van der Waals surface area contributed by atoms with Gasteiger partial charge in [0, 0.05) is 11.5 Å². The molecule has 1 atom stereocenters. The highest BCUT2D eigenvalue weighted by Gasteiger charge is 2.41. The molecule has 4 rings (SSSR count). The van der Waals surface area contributed by atoms with E-state index in [4.69, 9.17) is 0 Å². The average Bonchev–Trinajstić information content (AvgIpc) is 2.59. The fourth-order valence-corrected chi connectivity index (χ4v) is 3.96. The van der Waals surface area contributed by atoms with Gasteiger partial charge in [-0.1, -0.05) is 34.6 Å². The molecule has 1 aliphatic heterocycles. The molecule has 0 radical (unpaired) electrons. The maximum absolute atomic E-state index is 13.4. The molecule has 0 aromatic heterocycles. The van der Waals surface area contributed by atoms with E-state index >= 15 is 0 Å². The molecule has 3 aromatic rings. The first-order valence-electron chi connectivity index (χ1n) is 7.16. The van der Waals surface area contributed by atoms with E-state index in [9.17, 15) is 18.5 Å². The van der Waals surface area contributed by atoms with Crippen molar-refractivity contribution < 1.29 is 18.5 Å². The van der Waals surface area contributed by atoms with Gasteiger partial charge in [0.05, 0.1) is 11.1 Å². The third kappa shape index (κ3) is 2.11. The highest BCUT2D eigenvalue weighted by atomic mass is 32.2. The van der Waals surface area contributed by atoms with E-state index in [0.29, 0.717) is 20.8 Å². The number of hydrogen-bond acceptors (Lipinski definition) is 3. The Morgan fingerprint density at radius 2 is 1.46 bits per heavy atom. The second-order valence-corrected chi connectivity index (χ2v) is 6.66. The Labute approximate surface area is 139 Å². The summed E-state index contributed by atoms with van der Waals surface area (Å²) in [7, 11) is 0. The van der Waals surface area contributed by atoms with Crippen LogP contribution in [0.3, 0.4) is 0 Å². The Morgan fingerprint density at radius 3 is 2.04 bits per heavy atom. The molecule has 0 spiro atoms. The number of carbonyl (C=O) groups is 2. The van der Waals surface area contributed by atoms with Crippen molar-refractivity contribution in [3.05, 3.63) is 77.6 Å². The molecule has 3 aromatic carbocycles. The number of halogens is 1. The number of rotatable bonds is 2. The number of hydrogen-bond donors (Lipinski definition) is 0. The Bertz CT molecular complexity index is 954. The van der Waals surface area contributed by atoms with Crippen LogP contribution in [0.5, 0.6) is 0 Å². The van der Waals surface area contributed by atoms with Crippen molar-refractivity contribution in [1.82, 2.24) is 4.31 Å². The van der Waals surface area contributed by atoms with Crippen LogP contribution < -0.4 is 0 Å². The lowest BCUT2D eigenvalue weighted by Gasteiger charge is -2.26. The molecule has 118 valence electrons. The van der Waals surface area contributed by atoms with E-state index < -0.39 is 29.0 Å². The maximum Gasteiger partial charge on any atom is 0.305 e. The lowest BCUT2D eigenvalue weighted by Crippen LogP contribution is -2.44. The molecule has 2 amide bonds. The molecule has 1 unspecified atom stereocenters. The van der Waals surface area contributed by atoms with Crippen LogP contribution >= 0.6 is 0 Å². The normalized spacial score (nSPS) is 15.0. The van der Waals surface area contributed by atoms with Crippen molar-refractivity contribution >= 4 is 33.9 Å². The van der Waals surface area contributed by atoms with E-state index in [2.05, 4.69) is 0 Å². The van der Waals surface area contributed by atoms with E-state index in [1.807, 2.05) is 12.1 Å². The Hall–Kier alpha value is -2.70. The molecule has 0 bridgehead atoms. The fraction of sp³-hybridized carbons (Fsp3) is 0. The number of amides is 2. The first kappa shape index (κ1) is 14.9. The number of carbonyl (C=O) groups excluding carboxylic acids is 2. The third-order valence-electron chi connectivity index (χ3n) is 3.90. The molecule has 0 saturated carbocycles. The Morgan fingerprint density at radius 1 is 0.875 bits per heavy atom. The van der Waals surface area contributed by atoms with Gasteiger partial charge in [-0.25, -0.2) is 4.39 Å². The van der Waals surface area contributed by atoms with Crippen molar-refractivity contribution in [2.24, 2.45) is 0 Å². The Kier molecular flexibility index (Phi) is 3.37. The van der Waals surface area contributed by atoms with Gasteiger partial charge in [0.1, 0.15) is 17.2 Å². The molecule has 1 heterocycles. The molecule has 0 N–H and O–H groups in total. The molecule has 6 heteroatoms. The van der Waals surface area contributed by atoms with Crippen LogP contribution in [0.1, 0.15) is 20.7 Å². The van der Waals surface area contributed by atoms with Gasteiger partial charge in [0.25, 0.3) is 0 Å². The maximum atomic E-state index is 13.4. The first-order chi connectivity index (χ1) is 11.6. The summed E-state index contributed by atoms with van der Waals surface area (Å²) in [6.45, 7) is 0. The number of nitrogens with zero attached hydrogens (tertiary/aromatic N) is 1. The molecule has 0 aliphatic carbocycles. The molecular formula is C18H10FNO3S. The van der Waals surface area contributed by atoms with Gasteiger partial charge in [-0.3, -0.25) is 9.59 Å². The minimum absolute atomic E-state index is 0.0586. The summed E-state index contributed by atoms with van der Waals surface area (Å²) in [6.07, 6.45) is 0. The Balaban J connectivity index is 1.88. The fourth-order valence-electron chi connectivity index (χ4n) is 2.84. The van der Waals surface area contributed by atoms with E-state index in [0.717, 1.165) is 11.5 Å². The van der Waals surface area contributed by atoms with Crippen LogP contribution in [0, 0.1) is 5.82 Å². The van der Waals surface area contributed by atoms with Crippen LogP contribution in [-0.2, 0) is 11.4 Å². The quantitative estimate of drug-likeness (QED) is 0.532. The summed E-state index contributed by atoms with van der Waals surface area (Å²) in [5.41, 5.74) is 0.625. The van der Waals surface area contributed by atoms with Gasteiger partial charge in [0.15, 0.2) is 4.90 Å². The second-order valence-electron chi connectivity index (χ2n) is 5.32. The van der Waals surface area contributed by atoms with Gasteiger partial charge >= 0.3 is 11.8 Å². The molecular weight excluding hydrogens is 329 g/mol. The van der Waals surface area contributed by atoms with Crippen LogP contribution in [0.4, 0.5) is 4.39 Å². The van der Waals surface area contributed by atoms with Crippen molar-refractivity contribution in [2.45, 2.75) is 4.90 Å². The lowest BCUT2D eigenvalue weighted by atomic mass is 9.95. The number of benzene rings is 3. The molecule has 24 heavy (non-hydrogen) atoms. The molecule has 4 nitrogen and oxygen atoms in total. The van der Waals surface area contributed by atoms with Crippen molar-refractivity contribution in [3.63, 3.8) is 0 Å². The average molecular weight is 339 g/mol. The highest BCUT2D eigenvalue weighted by molar-refractivity contribution is 7.90. The zero-order chi connectivity index (χ0) is 16.8. The van der Waals surface area contributed by atoms with Crippen LogP contribution in [0.15, 0.2) is 65.6 Å². The van der Waals surface area contributed by atoms with E-state index in [1.54, 1.807) is 24.3 Å². The molecule has 0 fully saturated rings. The summed E-state index contributed by atoms with van der Waals surface area (Å²) in [5, 5.41) is 1.32. The predicted molar refractivity (Wildman–Crippen MR) is 87.3 cm³/mol. The van der Waals surface area contributed by atoms with Gasteiger partial charge in [0.2, 0.25) is 0 Å². The monoisotopic (exact) mass is 339 g/mol. The van der Waals surface area contributed by atoms with Crippen molar-refractivity contribution in [2.75, 3.05) is 0 Å². The van der Waals surface area contributed by atoms with Crippen LogP contribution in [0.2, 0.25) is 0 Å². The van der Waals surface area contributed by atoms with Gasteiger partial charge in [-0.2, -0.15) is 0 Å². The molecule has 0 saturated heterocycles. The van der Waals surface area contributed by atoms with Gasteiger partial charge in [-0.15, -0.1) is 0 Å². The standard InChI is InChI=1S/C18H10FNO3S/c19-12-6-3-7-13(10-12)24(23)20-17(21)14-8-1-4-11-5-2-9-15(16(11)14)18(20)22/h1-10H.